The quantitative estimate of drug-likeness (QED) is 0.840. The Hall–Kier alpha value is -1.42. The smallest absolute Gasteiger partial charge is 0.246 e. The van der Waals surface area contributed by atoms with Crippen molar-refractivity contribution in [3.63, 3.8) is 0 Å². The van der Waals surface area contributed by atoms with E-state index in [0.717, 1.165) is 29.8 Å². The van der Waals surface area contributed by atoms with Gasteiger partial charge < -0.3 is 9.52 Å². The van der Waals surface area contributed by atoms with Crippen LogP contribution in [0.3, 0.4) is 0 Å². The molecule has 1 N–H and O–H groups in total. The van der Waals surface area contributed by atoms with E-state index in [2.05, 4.69) is 9.97 Å². The van der Waals surface area contributed by atoms with Gasteiger partial charge in [0.1, 0.15) is 5.52 Å². The number of pyridine rings is 1. The van der Waals surface area contributed by atoms with Crippen molar-refractivity contribution < 1.29 is 9.52 Å². The molecule has 0 unspecified atom stereocenters. The Balaban J connectivity index is 2.10. The number of nitrogens with zero attached hydrogens (tertiary/aromatic N) is 2. The monoisotopic (exact) mass is 218 g/mol. The number of hydrogen-bond acceptors (Lipinski definition) is 4. The SMILES string of the molecule is CC(C)(O)c1cnc2oc(C3CC3)nc2c1. The zero-order valence-corrected chi connectivity index (χ0v) is 9.40. The van der Waals surface area contributed by atoms with E-state index in [1.54, 1.807) is 20.0 Å². The second-order valence-electron chi connectivity index (χ2n) is 4.93. The molecule has 0 amide bonds. The normalized spacial score (nSPS) is 16.9. The van der Waals surface area contributed by atoms with Gasteiger partial charge in [-0.3, -0.25) is 0 Å². The Labute approximate surface area is 93.3 Å². The maximum Gasteiger partial charge on any atom is 0.246 e. The van der Waals surface area contributed by atoms with E-state index < -0.39 is 5.60 Å². The summed E-state index contributed by atoms with van der Waals surface area (Å²) in [7, 11) is 0. The van der Waals surface area contributed by atoms with Crippen molar-refractivity contribution in [1.82, 2.24) is 9.97 Å². The molecule has 16 heavy (non-hydrogen) atoms. The fourth-order valence-electron chi connectivity index (χ4n) is 1.68. The number of aromatic nitrogens is 2. The van der Waals surface area contributed by atoms with Crippen LogP contribution in [0, 0.1) is 0 Å². The maximum atomic E-state index is 9.88. The number of hydrogen-bond donors (Lipinski definition) is 1. The highest BCUT2D eigenvalue weighted by molar-refractivity contribution is 5.69. The zero-order valence-electron chi connectivity index (χ0n) is 9.40. The van der Waals surface area contributed by atoms with E-state index in [-0.39, 0.29) is 0 Å². The molecule has 0 spiro atoms. The molecule has 3 rings (SSSR count). The topological polar surface area (TPSA) is 59.2 Å². The largest absolute Gasteiger partial charge is 0.422 e. The lowest BCUT2D eigenvalue weighted by Gasteiger charge is -2.16. The summed E-state index contributed by atoms with van der Waals surface area (Å²) >= 11 is 0. The molecule has 1 saturated carbocycles. The fraction of sp³-hybridized carbons (Fsp3) is 0.500. The van der Waals surface area contributed by atoms with Crippen molar-refractivity contribution in [3.8, 4) is 0 Å². The molecule has 0 saturated heterocycles. The number of rotatable bonds is 2. The van der Waals surface area contributed by atoms with Gasteiger partial charge in [-0.15, -0.1) is 0 Å². The first-order valence-electron chi connectivity index (χ1n) is 5.53. The zero-order chi connectivity index (χ0) is 11.3. The molecule has 2 aromatic rings. The maximum absolute atomic E-state index is 9.88. The predicted octanol–water partition coefficient (Wildman–Crippen LogP) is 2.33. The average molecular weight is 218 g/mol. The molecule has 0 radical (unpaired) electrons. The first-order chi connectivity index (χ1) is 7.54. The molecular weight excluding hydrogens is 204 g/mol. The standard InChI is InChI=1S/C12H14N2O2/c1-12(2,15)8-5-9-11(13-6-8)16-10(14-9)7-3-4-7/h5-7,15H,3-4H2,1-2H3. The third-order valence-electron chi connectivity index (χ3n) is 2.90. The van der Waals surface area contributed by atoms with Gasteiger partial charge in [0.25, 0.3) is 0 Å². The van der Waals surface area contributed by atoms with Crippen molar-refractivity contribution in [2.75, 3.05) is 0 Å². The van der Waals surface area contributed by atoms with E-state index in [1.807, 2.05) is 6.07 Å². The molecule has 1 aliphatic rings. The van der Waals surface area contributed by atoms with Crippen LogP contribution < -0.4 is 0 Å². The van der Waals surface area contributed by atoms with Crippen LogP contribution in [-0.4, -0.2) is 15.1 Å². The third kappa shape index (κ3) is 1.59. The molecular formula is C12H14N2O2. The number of oxazole rings is 1. The molecule has 4 nitrogen and oxygen atoms in total. The van der Waals surface area contributed by atoms with Crippen LogP contribution in [0.2, 0.25) is 0 Å². The van der Waals surface area contributed by atoms with Gasteiger partial charge in [0, 0.05) is 17.7 Å². The molecule has 0 atom stereocenters. The van der Waals surface area contributed by atoms with Crippen LogP contribution in [0.15, 0.2) is 16.7 Å². The summed E-state index contributed by atoms with van der Waals surface area (Å²) in [5.74, 6) is 1.27. The molecule has 84 valence electrons. The Bertz CT molecular complexity index is 535. The van der Waals surface area contributed by atoms with Gasteiger partial charge in [0.2, 0.25) is 11.6 Å². The van der Waals surface area contributed by atoms with Gasteiger partial charge in [-0.05, 0) is 32.8 Å². The van der Waals surface area contributed by atoms with E-state index in [9.17, 15) is 5.11 Å². The van der Waals surface area contributed by atoms with Crippen LogP contribution in [0.5, 0.6) is 0 Å². The predicted molar refractivity (Wildman–Crippen MR) is 59.0 cm³/mol. The van der Waals surface area contributed by atoms with E-state index in [4.69, 9.17) is 4.42 Å². The summed E-state index contributed by atoms with van der Waals surface area (Å²) in [6.45, 7) is 3.47. The Morgan fingerprint density at radius 1 is 1.44 bits per heavy atom. The Morgan fingerprint density at radius 3 is 2.81 bits per heavy atom. The molecule has 2 heterocycles. The van der Waals surface area contributed by atoms with E-state index in [0.29, 0.717) is 11.6 Å². The van der Waals surface area contributed by atoms with Gasteiger partial charge in [0.05, 0.1) is 5.60 Å². The molecule has 1 fully saturated rings. The van der Waals surface area contributed by atoms with Gasteiger partial charge in [0.15, 0.2) is 0 Å². The first-order valence-corrected chi connectivity index (χ1v) is 5.53. The van der Waals surface area contributed by atoms with Gasteiger partial charge in [-0.1, -0.05) is 0 Å². The van der Waals surface area contributed by atoms with Crippen molar-refractivity contribution in [2.45, 2.75) is 38.2 Å². The van der Waals surface area contributed by atoms with Gasteiger partial charge in [-0.25, -0.2) is 9.97 Å². The summed E-state index contributed by atoms with van der Waals surface area (Å²) in [4.78, 5) is 8.60. The van der Waals surface area contributed by atoms with Crippen LogP contribution in [0.4, 0.5) is 0 Å². The molecule has 4 heteroatoms. The van der Waals surface area contributed by atoms with Crippen molar-refractivity contribution in [1.29, 1.82) is 0 Å². The summed E-state index contributed by atoms with van der Waals surface area (Å²) in [6, 6.07) is 1.84. The minimum atomic E-state index is -0.889. The second kappa shape index (κ2) is 3.04. The van der Waals surface area contributed by atoms with Crippen LogP contribution >= 0.6 is 0 Å². The summed E-state index contributed by atoms with van der Waals surface area (Å²) < 4.78 is 5.56. The number of fused-ring (bicyclic) bond motifs is 1. The molecule has 1 aliphatic carbocycles. The minimum Gasteiger partial charge on any atom is -0.422 e. The Kier molecular flexibility index (Phi) is 1.86. The Morgan fingerprint density at radius 2 is 2.19 bits per heavy atom. The highest BCUT2D eigenvalue weighted by Crippen LogP contribution is 2.40. The van der Waals surface area contributed by atoms with Crippen LogP contribution in [0.25, 0.3) is 11.2 Å². The molecule has 2 aromatic heterocycles. The van der Waals surface area contributed by atoms with E-state index >= 15 is 0 Å². The van der Waals surface area contributed by atoms with Crippen LogP contribution in [0.1, 0.15) is 44.1 Å². The molecule has 0 aliphatic heterocycles. The molecule has 0 aromatic carbocycles. The third-order valence-corrected chi connectivity index (χ3v) is 2.90. The minimum absolute atomic E-state index is 0.486. The second-order valence-corrected chi connectivity index (χ2v) is 4.93. The van der Waals surface area contributed by atoms with E-state index in [1.165, 1.54) is 0 Å². The highest BCUT2D eigenvalue weighted by Gasteiger charge is 2.29. The van der Waals surface area contributed by atoms with Crippen LogP contribution in [-0.2, 0) is 5.60 Å². The summed E-state index contributed by atoms with van der Waals surface area (Å²) in [5, 5.41) is 9.88. The number of aliphatic hydroxyl groups is 1. The van der Waals surface area contributed by atoms with Crippen molar-refractivity contribution in [2.24, 2.45) is 0 Å². The van der Waals surface area contributed by atoms with Crippen molar-refractivity contribution in [3.05, 3.63) is 23.7 Å². The lowest BCUT2D eigenvalue weighted by atomic mass is 10.0. The average Bonchev–Trinajstić information content (AvgIpc) is 2.96. The van der Waals surface area contributed by atoms with Gasteiger partial charge in [-0.2, -0.15) is 0 Å². The highest BCUT2D eigenvalue weighted by atomic mass is 16.4. The van der Waals surface area contributed by atoms with Crippen molar-refractivity contribution >= 4 is 11.2 Å². The lowest BCUT2D eigenvalue weighted by molar-refractivity contribution is 0.0784. The lowest BCUT2D eigenvalue weighted by Crippen LogP contribution is -2.15. The first kappa shape index (κ1) is 9.78. The van der Waals surface area contributed by atoms with Gasteiger partial charge >= 0.3 is 0 Å². The molecule has 0 bridgehead atoms. The fourth-order valence-corrected chi connectivity index (χ4v) is 1.68. The summed E-state index contributed by atoms with van der Waals surface area (Å²) in [6.07, 6.45) is 3.96. The summed E-state index contributed by atoms with van der Waals surface area (Å²) in [5.41, 5.74) is 1.17.